The van der Waals surface area contributed by atoms with E-state index in [0.29, 0.717) is 18.7 Å². The Bertz CT molecular complexity index is 696. The molecule has 0 spiro atoms. The molecule has 1 saturated heterocycles. The second-order valence-corrected chi connectivity index (χ2v) is 5.08. The first-order valence-corrected chi connectivity index (χ1v) is 6.77. The second-order valence-electron chi connectivity index (χ2n) is 5.08. The lowest BCUT2D eigenvalue weighted by Gasteiger charge is -2.13. The van der Waals surface area contributed by atoms with Gasteiger partial charge in [-0.25, -0.2) is 4.79 Å². The van der Waals surface area contributed by atoms with Gasteiger partial charge in [-0.2, -0.15) is 0 Å². The van der Waals surface area contributed by atoms with Gasteiger partial charge in [0.2, 0.25) is 5.91 Å². The lowest BCUT2D eigenvalue weighted by Crippen LogP contribution is -2.30. The van der Waals surface area contributed by atoms with E-state index in [0.717, 1.165) is 10.9 Å². The molecular formula is C15H15N3O3. The molecule has 0 unspecified atom stereocenters. The van der Waals surface area contributed by atoms with E-state index in [1.807, 2.05) is 24.3 Å². The summed E-state index contributed by atoms with van der Waals surface area (Å²) in [5.41, 5.74) is 1.52. The van der Waals surface area contributed by atoms with E-state index in [4.69, 9.17) is 5.11 Å². The molecule has 0 radical (unpaired) electrons. The number of fused-ring (bicyclic) bond motifs is 1. The molecule has 1 aromatic carbocycles. The molecule has 21 heavy (non-hydrogen) atoms. The van der Waals surface area contributed by atoms with Crippen LogP contribution in [-0.4, -0.2) is 40.1 Å². The highest BCUT2D eigenvalue weighted by atomic mass is 16.4. The fourth-order valence-corrected chi connectivity index (χ4v) is 2.59. The molecule has 2 N–H and O–H groups in total. The second kappa shape index (κ2) is 5.40. The van der Waals surface area contributed by atoms with Crippen LogP contribution in [0, 0.1) is 5.92 Å². The molecule has 1 atom stereocenters. The van der Waals surface area contributed by atoms with Crippen molar-refractivity contribution < 1.29 is 14.7 Å². The minimum absolute atomic E-state index is 0.143. The molecule has 0 aliphatic carbocycles. The van der Waals surface area contributed by atoms with Gasteiger partial charge in [-0.3, -0.25) is 9.78 Å². The number of hydrogen-bond donors (Lipinski definition) is 2. The van der Waals surface area contributed by atoms with Crippen molar-refractivity contribution >= 4 is 28.6 Å². The molecule has 1 fully saturated rings. The Morgan fingerprint density at radius 1 is 1.29 bits per heavy atom. The summed E-state index contributed by atoms with van der Waals surface area (Å²) in [6.45, 7) is 0.661. The fourth-order valence-electron chi connectivity index (χ4n) is 2.59. The molecule has 2 heterocycles. The zero-order valence-electron chi connectivity index (χ0n) is 11.3. The zero-order chi connectivity index (χ0) is 14.8. The van der Waals surface area contributed by atoms with Crippen LogP contribution in [0.15, 0.2) is 36.5 Å². The van der Waals surface area contributed by atoms with Gasteiger partial charge in [0, 0.05) is 24.7 Å². The molecule has 1 aliphatic rings. The van der Waals surface area contributed by atoms with Crippen LogP contribution in [0.2, 0.25) is 0 Å². The number of rotatable bonds is 2. The van der Waals surface area contributed by atoms with Crippen LogP contribution in [0.3, 0.4) is 0 Å². The first-order valence-electron chi connectivity index (χ1n) is 6.77. The third kappa shape index (κ3) is 2.65. The summed E-state index contributed by atoms with van der Waals surface area (Å²) in [5.74, 6) is -0.442. The van der Waals surface area contributed by atoms with Gasteiger partial charge in [-0.05, 0) is 18.6 Å². The Balaban J connectivity index is 1.77. The average molecular weight is 285 g/mol. The summed E-state index contributed by atoms with van der Waals surface area (Å²) in [5, 5.41) is 12.7. The van der Waals surface area contributed by atoms with Gasteiger partial charge in [0.15, 0.2) is 0 Å². The summed E-state index contributed by atoms with van der Waals surface area (Å²) in [6, 6.07) is 9.32. The number of nitrogens with one attached hydrogen (secondary N) is 1. The van der Waals surface area contributed by atoms with E-state index >= 15 is 0 Å². The van der Waals surface area contributed by atoms with Crippen molar-refractivity contribution in [1.29, 1.82) is 0 Å². The Morgan fingerprint density at radius 2 is 2.10 bits per heavy atom. The van der Waals surface area contributed by atoms with Gasteiger partial charge >= 0.3 is 6.09 Å². The molecule has 2 amide bonds. The number of aromatic nitrogens is 1. The molecule has 108 valence electrons. The van der Waals surface area contributed by atoms with Crippen molar-refractivity contribution in [2.45, 2.75) is 6.42 Å². The number of anilines is 1. The molecule has 6 heteroatoms. The van der Waals surface area contributed by atoms with Gasteiger partial charge in [0.05, 0.1) is 17.1 Å². The number of carbonyl (C=O) groups excluding carboxylic acids is 1. The van der Waals surface area contributed by atoms with E-state index in [2.05, 4.69) is 10.3 Å². The van der Waals surface area contributed by atoms with Crippen molar-refractivity contribution in [3.63, 3.8) is 0 Å². The van der Waals surface area contributed by atoms with Crippen LogP contribution < -0.4 is 5.32 Å². The highest BCUT2D eigenvalue weighted by Gasteiger charge is 2.31. The van der Waals surface area contributed by atoms with Crippen LogP contribution in [0.1, 0.15) is 6.42 Å². The van der Waals surface area contributed by atoms with E-state index in [9.17, 15) is 9.59 Å². The standard InChI is InChI=1S/C15H15N3O3/c19-14(10-6-8-18(9-10)15(20)21)17-13-5-7-16-12-4-2-1-3-11(12)13/h1-5,7,10H,6,8-9H2,(H,20,21)(H,16,17,19)/t10-/m0/s1. The number of hydrogen-bond acceptors (Lipinski definition) is 3. The highest BCUT2D eigenvalue weighted by Crippen LogP contribution is 2.23. The van der Waals surface area contributed by atoms with E-state index in [1.54, 1.807) is 12.3 Å². The highest BCUT2D eigenvalue weighted by molar-refractivity contribution is 6.01. The Hall–Kier alpha value is -2.63. The van der Waals surface area contributed by atoms with Crippen LogP contribution in [0.4, 0.5) is 10.5 Å². The van der Waals surface area contributed by atoms with Crippen molar-refractivity contribution in [2.24, 2.45) is 5.92 Å². The van der Waals surface area contributed by atoms with E-state index in [1.165, 1.54) is 4.90 Å². The normalized spacial score (nSPS) is 17.9. The molecular weight excluding hydrogens is 270 g/mol. The first kappa shape index (κ1) is 13.4. The number of para-hydroxylation sites is 1. The quantitative estimate of drug-likeness (QED) is 0.886. The smallest absolute Gasteiger partial charge is 0.407 e. The van der Waals surface area contributed by atoms with Gasteiger partial charge in [-0.15, -0.1) is 0 Å². The van der Waals surface area contributed by atoms with Gasteiger partial charge < -0.3 is 15.3 Å². The average Bonchev–Trinajstić information content (AvgIpc) is 2.98. The van der Waals surface area contributed by atoms with E-state index < -0.39 is 6.09 Å². The maximum absolute atomic E-state index is 12.3. The third-order valence-electron chi connectivity index (χ3n) is 3.74. The topological polar surface area (TPSA) is 82.5 Å². The number of amides is 2. The molecule has 1 aromatic heterocycles. The Kier molecular flexibility index (Phi) is 3.43. The number of nitrogens with zero attached hydrogens (tertiary/aromatic N) is 2. The maximum Gasteiger partial charge on any atom is 0.407 e. The fraction of sp³-hybridized carbons (Fsp3) is 0.267. The van der Waals surface area contributed by atoms with Gasteiger partial charge in [-0.1, -0.05) is 18.2 Å². The molecule has 3 rings (SSSR count). The number of carbonyl (C=O) groups is 2. The maximum atomic E-state index is 12.3. The Morgan fingerprint density at radius 3 is 2.86 bits per heavy atom. The minimum atomic E-state index is -0.973. The van der Waals surface area contributed by atoms with Crippen LogP contribution in [0.25, 0.3) is 10.9 Å². The summed E-state index contributed by atoms with van der Waals surface area (Å²) >= 11 is 0. The predicted molar refractivity (Wildman–Crippen MR) is 78.1 cm³/mol. The molecule has 2 aromatic rings. The van der Waals surface area contributed by atoms with Crippen molar-refractivity contribution in [2.75, 3.05) is 18.4 Å². The molecule has 0 bridgehead atoms. The number of benzene rings is 1. The lowest BCUT2D eigenvalue weighted by molar-refractivity contribution is -0.119. The largest absolute Gasteiger partial charge is 0.465 e. The molecule has 6 nitrogen and oxygen atoms in total. The molecule has 0 saturated carbocycles. The first-order chi connectivity index (χ1) is 10.1. The lowest BCUT2D eigenvalue weighted by atomic mass is 10.1. The number of likely N-dealkylation sites (tertiary alicyclic amines) is 1. The summed E-state index contributed by atoms with van der Waals surface area (Å²) < 4.78 is 0. The van der Waals surface area contributed by atoms with Crippen LogP contribution >= 0.6 is 0 Å². The number of pyridine rings is 1. The van der Waals surface area contributed by atoms with E-state index in [-0.39, 0.29) is 18.4 Å². The summed E-state index contributed by atoms with van der Waals surface area (Å²) in [4.78, 5) is 28.7. The van der Waals surface area contributed by atoms with Crippen LogP contribution in [-0.2, 0) is 4.79 Å². The Labute approximate surface area is 121 Å². The predicted octanol–water partition coefficient (Wildman–Crippen LogP) is 2.17. The summed E-state index contributed by atoms with van der Waals surface area (Å²) in [7, 11) is 0. The minimum Gasteiger partial charge on any atom is -0.465 e. The van der Waals surface area contributed by atoms with Crippen molar-refractivity contribution in [3.8, 4) is 0 Å². The zero-order valence-corrected chi connectivity index (χ0v) is 11.3. The SMILES string of the molecule is O=C(Nc1ccnc2ccccc12)[C@H]1CCN(C(=O)O)C1. The van der Waals surface area contributed by atoms with Crippen LogP contribution in [0.5, 0.6) is 0 Å². The number of carboxylic acid groups (broad SMARTS) is 1. The summed E-state index contributed by atoms with van der Waals surface area (Å²) in [6.07, 6.45) is 1.23. The van der Waals surface area contributed by atoms with Crippen molar-refractivity contribution in [3.05, 3.63) is 36.5 Å². The molecule has 1 aliphatic heterocycles. The van der Waals surface area contributed by atoms with Gasteiger partial charge in [0.25, 0.3) is 0 Å². The third-order valence-corrected chi connectivity index (χ3v) is 3.74. The van der Waals surface area contributed by atoms with Crippen molar-refractivity contribution in [1.82, 2.24) is 9.88 Å². The monoisotopic (exact) mass is 285 g/mol. The van der Waals surface area contributed by atoms with Gasteiger partial charge in [0.1, 0.15) is 0 Å².